The molecule has 4 rings (SSSR count). The third-order valence-electron chi connectivity index (χ3n) is 3.50. The van der Waals surface area contributed by atoms with Crippen molar-refractivity contribution in [2.75, 3.05) is 5.32 Å². The standard InChI is InChI=1S/C15H10FN5O2/c16-23-15(22)19-13-7-12-6-9(2-4-21(12)20-13)11-5-10-1-3-17-14(10)18-8-11/h1-8H,(H,17,18)(H,19,20,22). The minimum atomic E-state index is -1.21. The first-order valence-corrected chi connectivity index (χ1v) is 6.75. The summed E-state index contributed by atoms with van der Waals surface area (Å²) in [4.78, 5) is 21.3. The predicted octanol–water partition coefficient (Wildman–Crippen LogP) is 3.31. The van der Waals surface area contributed by atoms with Crippen molar-refractivity contribution in [2.45, 2.75) is 0 Å². The number of aromatic amines is 1. The van der Waals surface area contributed by atoms with Crippen molar-refractivity contribution >= 4 is 28.5 Å². The Kier molecular flexibility index (Phi) is 2.94. The van der Waals surface area contributed by atoms with Gasteiger partial charge in [0.2, 0.25) is 0 Å². The number of nitrogens with one attached hydrogen (secondary N) is 2. The molecule has 114 valence electrons. The van der Waals surface area contributed by atoms with Crippen molar-refractivity contribution < 1.29 is 14.3 Å². The number of carbonyl (C=O) groups is 1. The van der Waals surface area contributed by atoms with Crippen molar-refractivity contribution in [3.05, 3.63) is 48.9 Å². The molecule has 0 aliphatic heterocycles. The molecule has 7 nitrogen and oxygen atoms in total. The van der Waals surface area contributed by atoms with Crippen LogP contribution in [0.3, 0.4) is 0 Å². The fourth-order valence-electron chi connectivity index (χ4n) is 2.46. The van der Waals surface area contributed by atoms with Crippen LogP contribution in [-0.2, 0) is 4.94 Å². The van der Waals surface area contributed by atoms with E-state index in [-0.39, 0.29) is 5.82 Å². The van der Waals surface area contributed by atoms with Crippen molar-refractivity contribution in [2.24, 2.45) is 0 Å². The Bertz CT molecular complexity index is 1020. The van der Waals surface area contributed by atoms with E-state index < -0.39 is 6.09 Å². The molecule has 0 spiro atoms. The number of pyridine rings is 2. The van der Waals surface area contributed by atoms with Gasteiger partial charge in [-0.2, -0.15) is 0 Å². The first-order chi connectivity index (χ1) is 11.2. The number of fused-ring (bicyclic) bond motifs is 2. The van der Waals surface area contributed by atoms with Gasteiger partial charge in [-0.05, 0) is 29.8 Å². The van der Waals surface area contributed by atoms with E-state index in [2.05, 4.69) is 25.3 Å². The zero-order valence-corrected chi connectivity index (χ0v) is 11.7. The molecule has 1 amide bonds. The lowest BCUT2D eigenvalue weighted by molar-refractivity contribution is -0.0544. The number of hydrogen-bond donors (Lipinski definition) is 2. The summed E-state index contributed by atoms with van der Waals surface area (Å²) < 4.78 is 13.3. The van der Waals surface area contributed by atoms with Gasteiger partial charge >= 0.3 is 6.09 Å². The number of halogens is 1. The second kappa shape index (κ2) is 5.09. The molecular formula is C15H10FN5O2. The highest BCUT2D eigenvalue weighted by atomic mass is 19.3. The van der Waals surface area contributed by atoms with Crippen LogP contribution in [0.1, 0.15) is 0 Å². The van der Waals surface area contributed by atoms with Crippen molar-refractivity contribution in [1.29, 1.82) is 0 Å². The molecule has 0 aliphatic rings. The highest BCUT2D eigenvalue weighted by Gasteiger charge is 2.09. The fourth-order valence-corrected chi connectivity index (χ4v) is 2.46. The minimum absolute atomic E-state index is 0.198. The Hall–Kier alpha value is -3.42. The monoisotopic (exact) mass is 311 g/mol. The number of aromatic nitrogens is 4. The summed E-state index contributed by atoms with van der Waals surface area (Å²) in [7, 11) is 0. The van der Waals surface area contributed by atoms with E-state index in [1.165, 1.54) is 0 Å². The number of hydrogen-bond acceptors (Lipinski definition) is 4. The maximum atomic E-state index is 11.8. The van der Waals surface area contributed by atoms with E-state index in [1.807, 2.05) is 30.5 Å². The summed E-state index contributed by atoms with van der Waals surface area (Å²) >= 11 is 0. The van der Waals surface area contributed by atoms with E-state index in [0.717, 1.165) is 27.7 Å². The van der Waals surface area contributed by atoms with Gasteiger partial charge in [-0.15, -0.1) is 5.10 Å². The minimum Gasteiger partial charge on any atom is -0.346 e. The third-order valence-corrected chi connectivity index (χ3v) is 3.50. The second-order valence-electron chi connectivity index (χ2n) is 4.94. The Morgan fingerprint density at radius 1 is 1.26 bits per heavy atom. The molecule has 4 aromatic rings. The van der Waals surface area contributed by atoms with Gasteiger partial charge in [0, 0.05) is 40.1 Å². The van der Waals surface area contributed by atoms with Crippen LogP contribution in [-0.4, -0.2) is 25.7 Å². The first kappa shape index (κ1) is 13.3. The molecule has 0 bridgehead atoms. The number of amides is 1. The maximum absolute atomic E-state index is 11.8. The van der Waals surface area contributed by atoms with E-state index in [4.69, 9.17) is 0 Å². The number of H-pyrrole nitrogens is 1. The molecule has 0 atom stereocenters. The summed E-state index contributed by atoms with van der Waals surface area (Å²) in [5.41, 5.74) is 3.48. The lowest BCUT2D eigenvalue weighted by atomic mass is 10.1. The maximum Gasteiger partial charge on any atom is 0.450 e. The highest BCUT2D eigenvalue weighted by molar-refractivity contribution is 5.85. The van der Waals surface area contributed by atoms with E-state index in [0.29, 0.717) is 0 Å². The molecule has 4 heterocycles. The molecule has 0 saturated heterocycles. The molecule has 0 saturated carbocycles. The summed E-state index contributed by atoms with van der Waals surface area (Å²) in [6.07, 6.45) is 4.15. The number of nitrogens with zero attached hydrogens (tertiary/aromatic N) is 3. The largest absolute Gasteiger partial charge is 0.450 e. The molecule has 0 unspecified atom stereocenters. The number of carbonyl (C=O) groups excluding carboxylic acids is 1. The first-order valence-electron chi connectivity index (χ1n) is 6.75. The molecule has 0 fully saturated rings. The summed E-state index contributed by atoms with van der Waals surface area (Å²) in [5.74, 6) is 0.198. The average Bonchev–Trinajstić information content (AvgIpc) is 3.18. The van der Waals surface area contributed by atoms with Gasteiger partial charge in [-0.1, -0.05) is 0 Å². The van der Waals surface area contributed by atoms with Gasteiger partial charge in [-0.3, -0.25) is 5.32 Å². The van der Waals surface area contributed by atoms with Gasteiger partial charge in [0.1, 0.15) is 5.65 Å². The molecule has 4 aromatic heterocycles. The van der Waals surface area contributed by atoms with Crippen LogP contribution in [0.5, 0.6) is 0 Å². The molecular weight excluding hydrogens is 301 g/mol. The zero-order valence-electron chi connectivity index (χ0n) is 11.7. The molecule has 0 radical (unpaired) electrons. The molecule has 0 aromatic carbocycles. The van der Waals surface area contributed by atoms with Crippen molar-refractivity contribution in [3.8, 4) is 11.1 Å². The topological polar surface area (TPSA) is 84.3 Å². The SMILES string of the molecule is O=C(Nc1cc2cc(-c3cnc4[nH]ccc4c3)ccn2n1)OF. The zero-order chi connectivity index (χ0) is 15.8. The quantitative estimate of drug-likeness (QED) is 0.595. The molecule has 0 aliphatic carbocycles. The summed E-state index contributed by atoms with van der Waals surface area (Å²) in [6, 6.07) is 9.37. The van der Waals surface area contributed by atoms with Gasteiger partial charge < -0.3 is 4.98 Å². The van der Waals surface area contributed by atoms with Crippen LogP contribution < -0.4 is 5.32 Å². The molecule has 23 heavy (non-hydrogen) atoms. The van der Waals surface area contributed by atoms with Crippen LogP contribution in [0.2, 0.25) is 0 Å². The Balaban J connectivity index is 1.74. The Morgan fingerprint density at radius 3 is 3.04 bits per heavy atom. The third kappa shape index (κ3) is 2.35. The molecule has 2 N–H and O–H groups in total. The van der Waals surface area contributed by atoms with Gasteiger partial charge in [0.15, 0.2) is 5.82 Å². The molecule has 8 heteroatoms. The smallest absolute Gasteiger partial charge is 0.346 e. The predicted molar refractivity (Wildman–Crippen MR) is 81.5 cm³/mol. The van der Waals surface area contributed by atoms with E-state index in [9.17, 15) is 9.32 Å². The van der Waals surface area contributed by atoms with Crippen LogP contribution in [0.15, 0.2) is 48.9 Å². The van der Waals surface area contributed by atoms with Crippen LogP contribution >= 0.6 is 0 Å². The Morgan fingerprint density at radius 2 is 2.17 bits per heavy atom. The van der Waals surface area contributed by atoms with Crippen LogP contribution in [0, 0.1) is 0 Å². The lowest BCUT2D eigenvalue weighted by Gasteiger charge is -2.02. The van der Waals surface area contributed by atoms with Crippen molar-refractivity contribution in [1.82, 2.24) is 19.6 Å². The number of rotatable bonds is 2. The Labute approximate surface area is 128 Å². The van der Waals surface area contributed by atoms with Crippen LogP contribution in [0.25, 0.3) is 27.7 Å². The summed E-state index contributed by atoms with van der Waals surface area (Å²) in [6.45, 7) is 0. The van der Waals surface area contributed by atoms with E-state index >= 15 is 0 Å². The summed E-state index contributed by atoms with van der Waals surface area (Å²) in [5, 5.41) is 7.29. The average molecular weight is 311 g/mol. The van der Waals surface area contributed by atoms with Crippen LogP contribution in [0.4, 0.5) is 15.1 Å². The normalized spacial score (nSPS) is 11.0. The lowest BCUT2D eigenvalue weighted by Crippen LogP contribution is -2.09. The number of anilines is 1. The van der Waals surface area contributed by atoms with Gasteiger partial charge in [-0.25, -0.2) is 19.2 Å². The van der Waals surface area contributed by atoms with Gasteiger partial charge in [0.05, 0.1) is 5.52 Å². The van der Waals surface area contributed by atoms with Crippen molar-refractivity contribution in [3.63, 3.8) is 0 Å². The van der Waals surface area contributed by atoms with E-state index in [1.54, 1.807) is 23.0 Å². The van der Waals surface area contributed by atoms with Gasteiger partial charge in [0.25, 0.3) is 0 Å². The second-order valence-corrected chi connectivity index (χ2v) is 4.94. The highest BCUT2D eigenvalue weighted by Crippen LogP contribution is 2.24. The fraction of sp³-hybridized carbons (Fsp3) is 0.